The van der Waals surface area contributed by atoms with Gasteiger partial charge >= 0.3 is 5.97 Å². The summed E-state index contributed by atoms with van der Waals surface area (Å²) in [6, 6.07) is -0.378. The average molecular weight is 311 g/mol. The number of esters is 1. The van der Waals surface area contributed by atoms with E-state index in [1.165, 1.54) is 0 Å². The topological polar surface area (TPSA) is 70.7 Å². The number of ether oxygens (including phenoxy) is 1. The number of hydrogen-bond acceptors (Lipinski definition) is 6. The SMILES string of the molecule is CC(C)(C)OC(=O)C(=O)[C@@H]1CCCN1NCC1CCNCC1. The molecule has 0 spiro atoms. The van der Waals surface area contributed by atoms with Gasteiger partial charge in [0.2, 0.25) is 0 Å². The fourth-order valence-corrected chi connectivity index (χ4v) is 3.03. The molecule has 1 atom stereocenters. The first-order valence-electron chi connectivity index (χ1n) is 8.35. The van der Waals surface area contributed by atoms with Gasteiger partial charge in [-0.2, -0.15) is 0 Å². The molecule has 0 amide bonds. The van der Waals surface area contributed by atoms with Crippen molar-refractivity contribution >= 4 is 11.8 Å². The van der Waals surface area contributed by atoms with Crippen LogP contribution in [0.25, 0.3) is 0 Å². The van der Waals surface area contributed by atoms with Crippen LogP contribution in [0.1, 0.15) is 46.5 Å². The van der Waals surface area contributed by atoms with Gasteiger partial charge in [0.15, 0.2) is 0 Å². The van der Waals surface area contributed by atoms with Crippen molar-refractivity contribution in [1.82, 2.24) is 15.8 Å². The molecular weight excluding hydrogens is 282 g/mol. The van der Waals surface area contributed by atoms with E-state index in [-0.39, 0.29) is 6.04 Å². The van der Waals surface area contributed by atoms with Gasteiger partial charge in [0.1, 0.15) is 5.60 Å². The van der Waals surface area contributed by atoms with Crippen LogP contribution in [0.15, 0.2) is 0 Å². The number of Topliss-reactive ketones (excluding diaryl/α,β-unsaturated/α-hetero) is 1. The van der Waals surface area contributed by atoms with Gasteiger partial charge in [0.25, 0.3) is 5.78 Å². The van der Waals surface area contributed by atoms with Crippen molar-refractivity contribution in [2.75, 3.05) is 26.2 Å². The molecular formula is C16H29N3O3. The van der Waals surface area contributed by atoms with Crippen molar-refractivity contribution in [2.45, 2.75) is 58.1 Å². The highest BCUT2D eigenvalue weighted by atomic mass is 16.6. The minimum atomic E-state index is -0.715. The summed E-state index contributed by atoms with van der Waals surface area (Å²) in [5, 5.41) is 5.29. The second-order valence-electron chi connectivity index (χ2n) is 7.27. The highest BCUT2D eigenvalue weighted by molar-refractivity contribution is 6.35. The maximum absolute atomic E-state index is 12.3. The molecule has 6 nitrogen and oxygen atoms in total. The largest absolute Gasteiger partial charge is 0.454 e. The summed E-state index contributed by atoms with van der Waals surface area (Å²) in [5.74, 6) is -0.502. The number of hydrazine groups is 1. The number of nitrogens with one attached hydrogen (secondary N) is 2. The third-order valence-electron chi connectivity index (χ3n) is 4.20. The van der Waals surface area contributed by atoms with Gasteiger partial charge in [-0.1, -0.05) is 0 Å². The molecule has 0 aliphatic carbocycles. The second-order valence-corrected chi connectivity index (χ2v) is 7.27. The molecule has 2 heterocycles. The van der Waals surface area contributed by atoms with Crippen LogP contribution in [0.4, 0.5) is 0 Å². The Bertz CT molecular complexity index is 400. The normalized spacial score (nSPS) is 24.4. The lowest BCUT2D eigenvalue weighted by molar-refractivity contribution is -0.164. The zero-order chi connectivity index (χ0) is 16.2. The van der Waals surface area contributed by atoms with Crippen molar-refractivity contribution in [1.29, 1.82) is 0 Å². The van der Waals surface area contributed by atoms with Crippen LogP contribution in [0.3, 0.4) is 0 Å². The van der Waals surface area contributed by atoms with Crippen LogP contribution in [0.5, 0.6) is 0 Å². The molecule has 2 aliphatic heterocycles. The Morgan fingerprint density at radius 1 is 1.23 bits per heavy atom. The molecule has 2 aliphatic rings. The minimum Gasteiger partial charge on any atom is -0.454 e. The summed E-state index contributed by atoms with van der Waals surface area (Å²) in [4.78, 5) is 24.3. The zero-order valence-corrected chi connectivity index (χ0v) is 14.0. The van der Waals surface area contributed by atoms with E-state index in [9.17, 15) is 9.59 Å². The Labute approximate surface area is 132 Å². The van der Waals surface area contributed by atoms with E-state index < -0.39 is 17.4 Å². The highest BCUT2D eigenvalue weighted by Gasteiger charge is 2.37. The van der Waals surface area contributed by atoms with E-state index >= 15 is 0 Å². The number of piperidine rings is 1. The maximum Gasteiger partial charge on any atom is 0.376 e. The standard InChI is InChI=1S/C16H29N3O3/c1-16(2,3)22-15(21)14(20)13-5-4-10-19(13)18-11-12-6-8-17-9-7-12/h12-13,17-18H,4-11H2,1-3H3/t13-/m0/s1. The molecule has 0 unspecified atom stereocenters. The van der Waals surface area contributed by atoms with Crippen molar-refractivity contribution in [2.24, 2.45) is 5.92 Å². The highest BCUT2D eigenvalue weighted by Crippen LogP contribution is 2.19. The van der Waals surface area contributed by atoms with Crippen molar-refractivity contribution < 1.29 is 14.3 Å². The molecule has 2 saturated heterocycles. The molecule has 0 saturated carbocycles. The zero-order valence-electron chi connectivity index (χ0n) is 14.0. The Morgan fingerprint density at radius 2 is 1.91 bits per heavy atom. The smallest absolute Gasteiger partial charge is 0.376 e. The van der Waals surface area contributed by atoms with Gasteiger partial charge in [0.05, 0.1) is 6.04 Å². The lowest BCUT2D eigenvalue weighted by Gasteiger charge is -2.29. The van der Waals surface area contributed by atoms with Gasteiger partial charge in [-0.25, -0.2) is 9.80 Å². The molecule has 126 valence electrons. The fourth-order valence-electron chi connectivity index (χ4n) is 3.03. The Kier molecular flexibility index (Phi) is 5.94. The molecule has 2 rings (SSSR count). The van der Waals surface area contributed by atoms with Crippen LogP contribution in [-0.2, 0) is 14.3 Å². The van der Waals surface area contributed by atoms with Crippen LogP contribution >= 0.6 is 0 Å². The van der Waals surface area contributed by atoms with Crippen LogP contribution in [0.2, 0.25) is 0 Å². The lowest BCUT2D eigenvalue weighted by Crippen LogP contribution is -2.50. The van der Waals surface area contributed by atoms with E-state index in [2.05, 4.69) is 10.7 Å². The minimum absolute atomic E-state index is 0.378. The van der Waals surface area contributed by atoms with E-state index in [0.29, 0.717) is 5.92 Å². The monoisotopic (exact) mass is 311 g/mol. The number of hydrogen-bond donors (Lipinski definition) is 2. The van der Waals surface area contributed by atoms with E-state index in [4.69, 9.17) is 4.74 Å². The number of carbonyl (C=O) groups excluding carboxylic acids is 2. The molecule has 0 aromatic heterocycles. The average Bonchev–Trinajstić information content (AvgIpc) is 2.92. The number of rotatable bonds is 5. The molecule has 0 aromatic carbocycles. The Balaban J connectivity index is 1.84. The summed E-state index contributed by atoms with van der Waals surface area (Å²) in [6.07, 6.45) is 3.97. The molecule has 2 N–H and O–H groups in total. The van der Waals surface area contributed by atoms with Gasteiger partial charge in [-0.05, 0) is 65.5 Å². The van der Waals surface area contributed by atoms with E-state index in [1.54, 1.807) is 20.8 Å². The van der Waals surface area contributed by atoms with Crippen molar-refractivity contribution in [3.05, 3.63) is 0 Å². The van der Waals surface area contributed by atoms with Gasteiger partial charge in [0, 0.05) is 13.1 Å². The van der Waals surface area contributed by atoms with E-state index in [0.717, 1.165) is 51.9 Å². The quantitative estimate of drug-likeness (QED) is 0.580. The molecule has 6 heteroatoms. The number of nitrogens with zero attached hydrogens (tertiary/aromatic N) is 1. The second kappa shape index (κ2) is 7.53. The molecule has 0 aromatic rings. The molecule has 0 radical (unpaired) electrons. The number of carbonyl (C=O) groups is 2. The molecule has 0 bridgehead atoms. The van der Waals surface area contributed by atoms with Crippen molar-refractivity contribution in [3.8, 4) is 0 Å². The van der Waals surface area contributed by atoms with Gasteiger partial charge < -0.3 is 10.1 Å². The summed E-state index contributed by atoms with van der Waals surface area (Å²) in [5.41, 5.74) is 2.75. The Hall–Kier alpha value is -0.980. The van der Waals surface area contributed by atoms with Gasteiger partial charge in [-0.3, -0.25) is 10.2 Å². The first kappa shape index (κ1) is 17.4. The first-order chi connectivity index (χ1) is 10.4. The molecule has 22 heavy (non-hydrogen) atoms. The van der Waals surface area contributed by atoms with E-state index in [1.807, 2.05) is 5.01 Å². The summed E-state index contributed by atoms with van der Waals surface area (Å²) < 4.78 is 5.20. The summed E-state index contributed by atoms with van der Waals surface area (Å²) in [7, 11) is 0. The number of ketones is 1. The van der Waals surface area contributed by atoms with Gasteiger partial charge in [-0.15, -0.1) is 0 Å². The van der Waals surface area contributed by atoms with Crippen LogP contribution < -0.4 is 10.7 Å². The predicted octanol–water partition coefficient (Wildman–Crippen LogP) is 0.866. The third-order valence-corrected chi connectivity index (χ3v) is 4.20. The summed E-state index contributed by atoms with van der Waals surface area (Å²) in [6.45, 7) is 9.14. The maximum atomic E-state index is 12.3. The Morgan fingerprint density at radius 3 is 2.55 bits per heavy atom. The summed E-state index contributed by atoms with van der Waals surface area (Å²) >= 11 is 0. The predicted molar refractivity (Wildman–Crippen MR) is 84.2 cm³/mol. The van der Waals surface area contributed by atoms with Crippen LogP contribution in [-0.4, -0.2) is 54.6 Å². The van der Waals surface area contributed by atoms with Crippen LogP contribution in [0, 0.1) is 5.92 Å². The molecule has 2 fully saturated rings. The first-order valence-corrected chi connectivity index (χ1v) is 8.35. The lowest BCUT2D eigenvalue weighted by atomic mass is 9.98. The fraction of sp³-hybridized carbons (Fsp3) is 0.875. The third kappa shape index (κ3) is 5.04. The van der Waals surface area contributed by atoms with Crippen molar-refractivity contribution in [3.63, 3.8) is 0 Å².